The Hall–Kier alpha value is -1.20. The van der Waals surface area contributed by atoms with E-state index in [1.807, 2.05) is 13.8 Å². The summed E-state index contributed by atoms with van der Waals surface area (Å²) in [5.41, 5.74) is 5.04. The lowest BCUT2D eigenvalue weighted by Gasteiger charge is -2.12. The lowest BCUT2D eigenvalue weighted by molar-refractivity contribution is 0.0391. The van der Waals surface area contributed by atoms with Crippen LogP contribution in [0.2, 0.25) is 0 Å². The first-order chi connectivity index (χ1) is 8.52. The van der Waals surface area contributed by atoms with E-state index in [4.69, 9.17) is 15.2 Å². The van der Waals surface area contributed by atoms with Crippen LogP contribution in [-0.4, -0.2) is 32.3 Å². The van der Waals surface area contributed by atoms with Crippen LogP contribution >= 0.6 is 0 Å². The van der Waals surface area contributed by atoms with Crippen LogP contribution in [-0.2, 0) is 9.47 Å². The van der Waals surface area contributed by atoms with Crippen molar-refractivity contribution in [2.45, 2.75) is 26.4 Å². The summed E-state index contributed by atoms with van der Waals surface area (Å²) < 4.78 is 35.9. The number of alkyl halides is 2. The van der Waals surface area contributed by atoms with E-state index in [2.05, 4.69) is 6.58 Å². The third-order valence-corrected chi connectivity index (χ3v) is 1.94. The molecule has 0 spiro atoms. The highest BCUT2D eigenvalue weighted by Gasteiger charge is 2.13. The molecule has 0 aromatic carbocycles. The molecule has 0 aliphatic carbocycles. The van der Waals surface area contributed by atoms with Crippen molar-refractivity contribution in [2.24, 2.45) is 5.73 Å². The van der Waals surface area contributed by atoms with Crippen molar-refractivity contribution in [1.82, 2.24) is 0 Å². The molecule has 0 fully saturated rings. The molecule has 0 aromatic heterocycles. The topological polar surface area (TPSA) is 44.5 Å². The quantitative estimate of drug-likeness (QED) is 0.394. The highest BCUT2D eigenvalue weighted by Crippen LogP contribution is 2.17. The summed E-state index contributed by atoms with van der Waals surface area (Å²) in [7, 11) is 0. The van der Waals surface area contributed by atoms with Gasteiger partial charge in [0, 0.05) is 6.54 Å². The first kappa shape index (κ1) is 16.8. The summed E-state index contributed by atoms with van der Waals surface area (Å²) in [5, 5.41) is 0. The van der Waals surface area contributed by atoms with E-state index in [0.29, 0.717) is 6.61 Å². The van der Waals surface area contributed by atoms with Crippen LogP contribution in [0.5, 0.6) is 0 Å². The molecule has 18 heavy (non-hydrogen) atoms. The molecule has 0 aliphatic heterocycles. The van der Waals surface area contributed by atoms with Crippen LogP contribution in [0.1, 0.15) is 13.8 Å². The van der Waals surface area contributed by atoms with Gasteiger partial charge in [0.05, 0.1) is 18.3 Å². The number of hydrogen-bond donors (Lipinski definition) is 1. The van der Waals surface area contributed by atoms with Gasteiger partial charge in [-0.05, 0) is 19.9 Å². The lowest BCUT2D eigenvalue weighted by atomic mass is 10.2. The normalized spacial score (nSPS) is 13.3. The molecule has 3 nitrogen and oxygen atoms in total. The fourth-order valence-corrected chi connectivity index (χ4v) is 1.14. The van der Waals surface area contributed by atoms with Gasteiger partial charge in [-0.1, -0.05) is 18.7 Å². The second-order valence-electron chi connectivity index (χ2n) is 3.73. The van der Waals surface area contributed by atoms with Crippen molar-refractivity contribution in [2.75, 3.05) is 19.8 Å². The Morgan fingerprint density at radius 2 is 2.00 bits per heavy atom. The Morgan fingerprint density at radius 3 is 2.44 bits per heavy atom. The summed E-state index contributed by atoms with van der Waals surface area (Å²) >= 11 is 0. The van der Waals surface area contributed by atoms with Crippen molar-refractivity contribution < 1.29 is 18.3 Å². The zero-order valence-electron chi connectivity index (χ0n) is 10.9. The third-order valence-electron chi connectivity index (χ3n) is 1.94. The first-order valence-electron chi connectivity index (χ1n) is 5.78. The van der Waals surface area contributed by atoms with E-state index in [-0.39, 0.29) is 30.6 Å². The average molecular weight is 261 g/mol. The molecule has 5 heteroatoms. The fourth-order valence-electron chi connectivity index (χ4n) is 1.14. The number of rotatable bonds is 9. The molecule has 0 unspecified atom stereocenters. The van der Waals surface area contributed by atoms with Gasteiger partial charge in [-0.2, -0.15) is 0 Å². The van der Waals surface area contributed by atoms with Crippen LogP contribution in [0.25, 0.3) is 0 Å². The molecule has 0 saturated heterocycles. The molecule has 2 N–H and O–H groups in total. The Bertz CT molecular complexity index is 299. The number of allylic oxidation sites excluding steroid dienone is 3. The van der Waals surface area contributed by atoms with Gasteiger partial charge in [0.15, 0.2) is 0 Å². The zero-order valence-corrected chi connectivity index (χ0v) is 10.9. The fraction of sp³-hybridized carbons (Fsp3) is 0.538. The highest BCUT2D eigenvalue weighted by molar-refractivity contribution is 5.30. The van der Waals surface area contributed by atoms with Gasteiger partial charge in [0.1, 0.15) is 12.4 Å². The smallest absolute Gasteiger partial charge is 0.267 e. The molecule has 104 valence electrons. The van der Waals surface area contributed by atoms with Crippen LogP contribution in [0.3, 0.4) is 0 Å². The molecule has 0 bridgehead atoms. The van der Waals surface area contributed by atoms with E-state index < -0.39 is 6.43 Å². The first-order valence-corrected chi connectivity index (χ1v) is 5.78. The van der Waals surface area contributed by atoms with E-state index in [9.17, 15) is 8.78 Å². The Labute approximate surface area is 107 Å². The van der Waals surface area contributed by atoms with E-state index in [0.717, 1.165) is 6.08 Å². The monoisotopic (exact) mass is 261 g/mol. The van der Waals surface area contributed by atoms with E-state index >= 15 is 0 Å². The van der Waals surface area contributed by atoms with Gasteiger partial charge in [-0.3, -0.25) is 0 Å². The predicted octanol–water partition coefficient (Wildman–Crippen LogP) is 2.65. The molecule has 0 rings (SSSR count). The van der Waals surface area contributed by atoms with E-state index in [1.54, 1.807) is 6.08 Å². The van der Waals surface area contributed by atoms with Gasteiger partial charge >= 0.3 is 0 Å². The summed E-state index contributed by atoms with van der Waals surface area (Å²) in [6, 6.07) is 0. The van der Waals surface area contributed by atoms with Gasteiger partial charge in [-0.25, -0.2) is 8.78 Å². The molecule has 0 radical (unpaired) electrons. The molecular formula is C13H21F2NO2. The number of halogens is 2. The molecule has 0 aliphatic rings. The van der Waals surface area contributed by atoms with Crippen molar-refractivity contribution in [3.05, 3.63) is 36.1 Å². The SMILES string of the molecule is C=C/C(=C(\C=C/CN)OCCOC(C)C)C(F)F. The summed E-state index contributed by atoms with van der Waals surface area (Å²) in [4.78, 5) is 0. The minimum Gasteiger partial charge on any atom is -0.491 e. The number of ether oxygens (including phenoxy) is 2. The Balaban J connectivity index is 4.58. The van der Waals surface area contributed by atoms with E-state index in [1.165, 1.54) is 6.08 Å². The lowest BCUT2D eigenvalue weighted by Crippen LogP contribution is -2.11. The van der Waals surface area contributed by atoms with Gasteiger partial charge in [-0.15, -0.1) is 0 Å². The third kappa shape index (κ3) is 7.19. The predicted molar refractivity (Wildman–Crippen MR) is 68.5 cm³/mol. The largest absolute Gasteiger partial charge is 0.491 e. The molecular weight excluding hydrogens is 240 g/mol. The van der Waals surface area contributed by atoms with Crippen molar-refractivity contribution in [3.8, 4) is 0 Å². The molecule has 0 saturated carbocycles. The second-order valence-corrected chi connectivity index (χ2v) is 3.73. The van der Waals surface area contributed by atoms with Crippen molar-refractivity contribution in [1.29, 1.82) is 0 Å². The summed E-state index contributed by atoms with van der Waals surface area (Å²) in [5.74, 6) is 0.0813. The second kappa shape index (κ2) is 9.79. The zero-order chi connectivity index (χ0) is 14.0. The molecule has 0 amide bonds. The highest BCUT2D eigenvalue weighted by atomic mass is 19.3. The summed E-state index contributed by atoms with van der Waals surface area (Å²) in [6.45, 7) is 7.92. The van der Waals surface area contributed by atoms with Crippen LogP contribution in [0, 0.1) is 0 Å². The maximum atomic E-state index is 12.7. The minimum atomic E-state index is -2.63. The molecule has 0 heterocycles. The maximum absolute atomic E-state index is 12.7. The standard InChI is InChI=1S/C13H21F2NO2/c1-4-11(13(14)15)12(6-5-7-16)18-9-8-17-10(2)3/h4-6,10,13H,1,7-9,16H2,2-3H3/b6-5-,12-11-. The van der Waals surface area contributed by atoms with Crippen molar-refractivity contribution >= 4 is 0 Å². The number of hydrogen-bond acceptors (Lipinski definition) is 3. The minimum absolute atomic E-state index is 0.0783. The Morgan fingerprint density at radius 1 is 1.33 bits per heavy atom. The molecule has 0 aromatic rings. The van der Waals surface area contributed by atoms with Gasteiger partial charge in [0.2, 0.25) is 0 Å². The molecule has 0 atom stereocenters. The number of nitrogens with two attached hydrogens (primary N) is 1. The van der Waals surface area contributed by atoms with Gasteiger partial charge in [0.25, 0.3) is 6.43 Å². The summed E-state index contributed by atoms with van der Waals surface area (Å²) in [6.07, 6.45) is 1.51. The van der Waals surface area contributed by atoms with Crippen LogP contribution in [0.4, 0.5) is 8.78 Å². The van der Waals surface area contributed by atoms with Crippen LogP contribution < -0.4 is 5.73 Å². The van der Waals surface area contributed by atoms with Crippen molar-refractivity contribution in [3.63, 3.8) is 0 Å². The Kier molecular flexibility index (Phi) is 9.14. The van der Waals surface area contributed by atoms with Gasteiger partial charge < -0.3 is 15.2 Å². The maximum Gasteiger partial charge on any atom is 0.267 e. The van der Waals surface area contributed by atoms with Crippen LogP contribution in [0.15, 0.2) is 36.1 Å². The average Bonchev–Trinajstić information content (AvgIpc) is 2.30.